The van der Waals surface area contributed by atoms with Gasteiger partial charge in [-0.15, -0.1) is 0 Å². The van der Waals surface area contributed by atoms with E-state index in [1.807, 2.05) is 0 Å². The summed E-state index contributed by atoms with van der Waals surface area (Å²) in [5.41, 5.74) is -0.0518. The summed E-state index contributed by atoms with van der Waals surface area (Å²) in [6.07, 6.45) is 7.12. The molecule has 4 aliphatic carbocycles. The predicted octanol–water partition coefficient (Wildman–Crippen LogP) is 3.72. The first-order valence-corrected chi connectivity index (χ1v) is 13.4. The van der Waals surface area contributed by atoms with Crippen molar-refractivity contribution < 1.29 is 25.2 Å². The molecule has 4 saturated carbocycles. The Balaban J connectivity index is 1.36. The first kappa shape index (κ1) is 23.5. The molecule has 0 bridgehead atoms. The van der Waals surface area contributed by atoms with E-state index in [0.717, 1.165) is 51.4 Å². The van der Waals surface area contributed by atoms with Gasteiger partial charge in [-0.2, -0.15) is 0 Å². The zero-order chi connectivity index (χ0) is 23.1. The average molecular weight is 451 g/mol. The van der Waals surface area contributed by atoms with Crippen LogP contribution in [0, 0.1) is 52.3 Å². The summed E-state index contributed by atoms with van der Waals surface area (Å²) < 4.78 is 5.51. The van der Waals surface area contributed by atoms with E-state index < -0.39 is 5.79 Å². The summed E-state index contributed by atoms with van der Waals surface area (Å²) in [6.45, 7) is 9.67. The van der Waals surface area contributed by atoms with Crippen molar-refractivity contribution in [1.29, 1.82) is 0 Å². The Labute approximate surface area is 193 Å². The summed E-state index contributed by atoms with van der Waals surface area (Å²) >= 11 is 0. The average Bonchev–Trinajstić information content (AvgIpc) is 3.11. The van der Waals surface area contributed by atoms with Gasteiger partial charge in [0.2, 0.25) is 0 Å². The topological polar surface area (TPSA) is 90.2 Å². The monoisotopic (exact) mass is 450 g/mol. The molecule has 5 aliphatic rings. The van der Waals surface area contributed by atoms with E-state index in [9.17, 15) is 20.4 Å². The van der Waals surface area contributed by atoms with Gasteiger partial charge in [-0.3, -0.25) is 0 Å². The third-order valence-electron chi connectivity index (χ3n) is 11.8. The van der Waals surface area contributed by atoms with Crippen LogP contribution in [0.2, 0.25) is 0 Å². The fourth-order valence-electron chi connectivity index (χ4n) is 9.53. The fourth-order valence-corrected chi connectivity index (χ4v) is 9.53. The Morgan fingerprint density at radius 2 is 1.75 bits per heavy atom. The minimum absolute atomic E-state index is 0.121. The molecule has 0 radical (unpaired) electrons. The van der Waals surface area contributed by atoms with Gasteiger partial charge in [-0.1, -0.05) is 27.7 Å². The molecule has 0 spiro atoms. The molecule has 0 aromatic carbocycles. The van der Waals surface area contributed by atoms with Gasteiger partial charge in [-0.05, 0) is 97.7 Å². The lowest BCUT2D eigenvalue weighted by molar-refractivity contribution is -0.325. The minimum atomic E-state index is -0.960. The number of hydrogen-bond donors (Lipinski definition) is 4. The molecule has 5 heteroatoms. The zero-order valence-electron chi connectivity index (χ0n) is 20.5. The Bertz CT molecular complexity index is 714. The minimum Gasteiger partial charge on any atom is -0.393 e. The molecule has 0 aromatic rings. The molecule has 5 fully saturated rings. The summed E-state index contributed by atoms with van der Waals surface area (Å²) in [4.78, 5) is 0. The van der Waals surface area contributed by atoms with Crippen molar-refractivity contribution in [2.45, 2.75) is 110 Å². The van der Waals surface area contributed by atoms with Crippen LogP contribution in [0.25, 0.3) is 0 Å². The van der Waals surface area contributed by atoms with Gasteiger partial charge in [0.05, 0.1) is 24.9 Å². The molecular formula is C27H46O5. The fraction of sp³-hybridized carbons (Fsp3) is 1.00. The van der Waals surface area contributed by atoms with Crippen LogP contribution in [0.15, 0.2) is 0 Å². The van der Waals surface area contributed by atoms with Crippen molar-refractivity contribution in [3.63, 3.8) is 0 Å². The number of fused-ring (bicyclic) bond motifs is 5. The van der Waals surface area contributed by atoms with E-state index >= 15 is 0 Å². The summed E-state index contributed by atoms with van der Waals surface area (Å²) in [7, 11) is 0. The molecule has 0 aromatic heterocycles. The van der Waals surface area contributed by atoms with Crippen molar-refractivity contribution in [1.82, 2.24) is 0 Å². The Hall–Kier alpha value is -0.200. The van der Waals surface area contributed by atoms with E-state index in [4.69, 9.17) is 4.74 Å². The second-order valence-electron chi connectivity index (χ2n) is 13.1. The molecule has 4 N–H and O–H groups in total. The highest BCUT2D eigenvalue weighted by molar-refractivity contribution is 5.14. The van der Waals surface area contributed by atoms with Gasteiger partial charge in [0.1, 0.15) is 0 Å². The maximum atomic E-state index is 11.7. The lowest BCUT2D eigenvalue weighted by Gasteiger charge is -2.63. The highest BCUT2D eigenvalue weighted by Crippen LogP contribution is 2.68. The lowest BCUT2D eigenvalue weighted by Crippen LogP contribution is -2.62. The van der Waals surface area contributed by atoms with Crippen molar-refractivity contribution in [3.05, 3.63) is 0 Å². The quantitative estimate of drug-likeness (QED) is 0.524. The largest absolute Gasteiger partial charge is 0.393 e. The van der Waals surface area contributed by atoms with Crippen LogP contribution in [-0.2, 0) is 4.74 Å². The van der Waals surface area contributed by atoms with Gasteiger partial charge in [-0.25, -0.2) is 0 Å². The third kappa shape index (κ3) is 3.28. The van der Waals surface area contributed by atoms with Crippen molar-refractivity contribution in [2.75, 3.05) is 6.61 Å². The molecule has 1 heterocycles. The second-order valence-corrected chi connectivity index (χ2v) is 13.1. The van der Waals surface area contributed by atoms with E-state index in [1.54, 1.807) is 0 Å². The molecule has 0 amide bonds. The summed E-state index contributed by atoms with van der Waals surface area (Å²) in [6, 6.07) is 0. The smallest absolute Gasteiger partial charge is 0.170 e. The highest BCUT2D eigenvalue weighted by Gasteiger charge is 2.65. The van der Waals surface area contributed by atoms with Crippen molar-refractivity contribution in [2.24, 2.45) is 52.3 Å². The SMILES string of the molecule is CC1COC1(O)CC[C@@H](C)[C@H]1CC[C@H]2[C@@H]3C(O)CC4CC(O)CC[C@]4(C)[C@H]3CC(O)[C@]12C. The molecule has 13 atom stereocenters. The van der Waals surface area contributed by atoms with Gasteiger partial charge in [0, 0.05) is 12.3 Å². The van der Waals surface area contributed by atoms with Gasteiger partial charge in [0.15, 0.2) is 5.79 Å². The van der Waals surface area contributed by atoms with Crippen LogP contribution < -0.4 is 0 Å². The van der Waals surface area contributed by atoms with Gasteiger partial charge < -0.3 is 25.2 Å². The maximum Gasteiger partial charge on any atom is 0.170 e. The van der Waals surface area contributed by atoms with Gasteiger partial charge in [0.25, 0.3) is 0 Å². The van der Waals surface area contributed by atoms with E-state index in [-0.39, 0.29) is 41.0 Å². The molecule has 32 heavy (non-hydrogen) atoms. The first-order valence-electron chi connectivity index (χ1n) is 13.4. The predicted molar refractivity (Wildman–Crippen MR) is 122 cm³/mol. The maximum absolute atomic E-state index is 11.7. The van der Waals surface area contributed by atoms with Crippen LogP contribution in [0.3, 0.4) is 0 Å². The van der Waals surface area contributed by atoms with E-state index in [2.05, 4.69) is 27.7 Å². The number of aliphatic hydroxyl groups is 4. The molecule has 5 rings (SSSR count). The number of rotatable bonds is 4. The first-order chi connectivity index (χ1) is 15.0. The molecule has 5 nitrogen and oxygen atoms in total. The zero-order valence-corrected chi connectivity index (χ0v) is 20.5. The van der Waals surface area contributed by atoms with Crippen LogP contribution in [0.4, 0.5) is 0 Å². The van der Waals surface area contributed by atoms with Crippen molar-refractivity contribution >= 4 is 0 Å². The number of hydrogen-bond acceptors (Lipinski definition) is 5. The van der Waals surface area contributed by atoms with E-state index in [1.165, 1.54) is 0 Å². The Morgan fingerprint density at radius 1 is 1.00 bits per heavy atom. The Kier molecular flexibility index (Phi) is 5.82. The standard InChI is InChI=1S/C27H46O5/c1-15(7-10-27(31)16(2)14-32-27)19-5-6-20-24-21(13-23(30)26(19,20)4)25(3)9-8-18(28)11-17(25)12-22(24)29/h15-24,28-31H,5-14H2,1-4H3/t15-,16?,17?,18?,19-,20+,21+,22?,23?,24+,25+,26-,27?/m1/s1. The third-order valence-corrected chi connectivity index (χ3v) is 11.8. The molecule has 6 unspecified atom stereocenters. The van der Waals surface area contributed by atoms with Crippen LogP contribution >= 0.6 is 0 Å². The van der Waals surface area contributed by atoms with Gasteiger partial charge >= 0.3 is 0 Å². The Morgan fingerprint density at radius 3 is 2.41 bits per heavy atom. The number of aliphatic hydroxyl groups excluding tert-OH is 3. The van der Waals surface area contributed by atoms with Crippen LogP contribution in [0.1, 0.15) is 85.5 Å². The molecular weight excluding hydrogens is 404 g/mol. The molecule has 1 aliphatic heterocycles. The second kappa shape index (κ2) is 7.91. The normalized spacial score (nSPS) is 58.3. The van der Waals surface area contributed by atoms with Crippen LogP contribution in [-0.4, -0.2) is 51.1 Å². The number of ether oxygens (including phenoxy) is 1. The highest BCUT2D eigenvalue weighted by atomic mass is 16.6. The van der Waals surface area contributed by atoms with E-state index in [0.29, 0.717) is 42.6 Å². The van der Waals surface area contributed by atoms with Crippen molar-refractivity contribution in [3.8, 4) is 0 Å². The summed E-state index contributed by atoms with van der Waals surface area (Å²) in [5, 5.41) is 44.0. The lowest BCUT2D eigenvalue weighted by atomic mass is 9.43. The molecule has 1 saturated heterocycles. The summed E-state index contributed by atoms with van der Waals surface area (Å²) in [5.74, 6) is 1.37. The van der Waals surface area contributed by atoms with Crippen LogP contribution in [0.5, 0.6) is 0 Å². The molecule has 184 valence electrons.